The van der Waals surface area contributed by atoms with Gasteiger partial charge in [0.15, 0.2) is 0 Å². The van der Waals surface area contributed by atoms with Crippen LogP contribution in [0.4, 0.5) is 5.69 Å². The summed E-state index contributed by atoms with van der Waals surface area (Å²) in [5.74, 6) is 1.71. The van der Waals surface area contributed by atoms with Crippen LogP contribution in [0.5, 0.6) is 17.2 Å². The Bertz CT molecular complexity index is 1440. The van der Waals surface area contributed by atoms with Crippen molar-refractivity contribution in [3.05, 3.63) is 70.8 Å². The number of carboxylic acids is 1. The molecule has 0 aromatic heterocycles. The number of carbonyl (C=O) groups excluding carboxylic acids is 1. The van der Waals surface area contributed by atoms with Crippen LogP contribution in [0.1, 0.15) is 53.5 Å². The highest BCUT2D eigenvalue weighted by molar-refractivity contribution is 5.79. The Morgan fingerprint density at radius 1 is 1.07 bits per heavy atom. The van der Waals surface area contributed by atoms with Gasteiger partial charge in [0.2, 0.25) is 5.91 Å². The molecule has 8 nitrogen and oxygen atoms in total. The standard InChI is InChI=1S/C32H34N2O6/c1-19-13-23(38-12-11-34-10-4-7-29(34)35)14-20(2)31(19)26-6-3-5-25-27(18-40-32(25)26)33-22-8-9-24-21(15-30(36)37)17-39-28(24)16-22/h3,5-6,8-9,13-14,16,21,27,33H,4,7,10-12,15,17-18H2,1-2H3,(H,36,37)/t21-,27-/m1/s1. The number of para-hydroxylation sites is 1. The third-order valence-corrected chi connectivity index (χ3v) is 8.05. The summed E-state index contributed by atoms with van der Waals surface area (Å²) >= 11 is 0. The molecule has 3 aromatic carbocycles. The molecule has 208 valence electrons. The van der Waals surface area contributed by atoms with E-state index in [1.807, 2.05) is 23.1 Å². The molecule has 0 bridgehead atoms. The minimum atomic E-state index is -0.818. The number of hydrogen-bond donors (Lipinski definition) is 2. The number of hydrogen-bond acceptors (Lipinski definition) is 6. The summed E-state index contributed by atoms with van der Waals surface area (Å²) in [4.78, 5) is 24.9. The summed E-state index contributed by atoms with van der Waals surface area (Å²) in [7, 11) is 0. The maximum atomic E-state index is 11.9. The highest BCUT2D eigenvalue weighted by atomic mass is 16.5. The molecule has 2 N–H and O–H groups in total. The number of carbonyl (C=O) groups is 2. The van der Waals surface area contributed by atoms with Gasteiger partial charge >= 0.3 is 5.97 Å². The van der Waals surface area contributed by atoms with Gasteiger partial charge in [0.05, 0.1) is 25.6 Å². The van der Waals surface area contributed by atoms with E-state index in [1.54, 1.807) is 0 Å². The van der Waals surface area contributed by atoms with Crippen LogP contribution in [-0.2, 0) is 9.59 Å². The van der Waals surface area contributed by atoms with Gasteiger partial charge in [0.25, 0.3) is 0 Å². The number of amides is 1. The SMILES string of the molecule is Cc1cc(OCCN2CCCC2=O)cc(C)c1-c1cccc2c1OC[C@H]2Nc1ccc2c(c1)OC[C@H]2CC(=O)O. The van der Waals surface area contributed by atoms with E-state index in [2.05, 4.69) is 49.5 Å². The lowest BCUT2D eigenvalue weighted by atomic mass is 9.92. The number of anilines is 1. The molecule has 3 heterocycles. The predicted molar refractivity (Wildman–Crippen MR) is 151 cm³/mol. The number of nitrogens with zero attached hydrogens (tertiary/aromatic N) is 1. The lowest BCUT2D eigenvalue weighted by Gasteiger charge is -2.18. The van der Waals surface area contributed by atoms with Crippen molar-refractivity contribution in [1.29, 1.82) is 0 Å². The maximum Gasteiger partial charge on any atom is 0.304 e. The Hall–Kier alpha value is -4.20. The largest absolute Gasteiger partial charge is 0.493 e. The van der Waals surface area contributed by atoms with Gasteiger partial charge in [-0.05, 0) is 55.2 Å². The minimum absolute atomic E-state index is 0.0271. The third kappa shape index (κ3) is 5.06. The lowest BCUT2D eigenvalue weighted by Crippen LogP contribution is -2.29. The molecule has 0 aliphatic carbocycles. The van der Waals surface area contributed by atoms with Crippen molar-refractivity contribution >= 4 is 17.6 Å². The number of fused-ring (bicyclic) bond motifs is 2. The Morgan fingerprint density at radius 2 is 1.90 bits per heavy atom. The van der Waals surface area contributed by atoms with E-state index in [4.69, 9.17) is 19.3 Å². The van der Waals surface area contributed by atoms with Gasteiger partial charge in [0.1, 0.15) is 30.5 Å². The zero-order chi connectivity index (χ0) is 27.8. The van der Waals surface area contributed by atoms with Crippen LogP contribution in [0.25, 0.3) is 11.1 Å². The van der Waals surface area contributed by atoms with Crippen LogP contribution in [0.15, 0.2) is 48.5 Å². The zero-order valence-electron chi connectivity index (χ0n) is 22.9. The number of carboxylic acid groups (broad SMARTS) is 1. The monoisotopic (exact) mass is 542 g/mol. The maximum absolute atomic E-state index is 11.9. The van der Waals surface area contributed by atoms with Gasteiger partial charge < -0.3 is 29.5 Å². The van der Waals surface area contributed by atoms with Crippen LogP contribution >= 0.6 is 0 Å². The number of aliphatic carboxylic acids is 1. The molecule has 1 saturated heterocycles. The molecular weight excluding hydrogens is 508 g/mol. The van der Waals surface area contributed by atoms with Crippen LogP contribution in [0.3, 0.4) is 0 Å². The van der Waals surface area contributed by atoms with Gasteiger partial charge in [-0.3, -0.25) is 9.59 Å². The van der Waals surface area contributed by atoms with Gasteiger partial charge in [-0.1, -0.05) is 24.3 Å². The second-order valence-corrected chi connectivity index (χ2v) is 10.9. The number of nitrogens with one attached hydrogen (secondary N) is 1. The molecular formula is C32H34N2O6. The van der Waals surface area contributed by atoms with Gasteiger partial charge in [-0.2, -0.15) is 0 Å². The smallest absolute Gasteiger partial charge is 0.304 e. The topological polar surface area (TPSA) is 97.3 Å². The Kier molecular flexibility index (Phi) is 7.00. The second kappa shape index (κ2) is 10.8. The normalized spacial score (nSPS) is 19.1. The molecule has 8 heteroatoms. The average molecular weight is 543 g/mol. The first kappa shape index (κ1) is 26.0. The van der Waals surface area contributed by atoms with E-state index in [-0.39, 0.29) is 24.3 Å². The van der Waals surface area contributed by atoms with E-state index < -0.39 is 5.97 Å². The van der Waals surface area contributed by atoms with E-state index in [0.717, 1.165) is 69.3 Å². The molecule has 0 radical (unpaired) electrons. The third-order valence-electron chi connectivity index (χ3n) is 8.05. The van der Waals surface area contributed by atoms with Crippen molar-refractivity contribution in [3.8, 4) is 28.4 Å². The summed E-state index contributed by atoms with van der Waals surface area (Å²) in [5.41, 5.74) is 7.35. The molecule has 1 amide bonds. The zero-order valence-corrected chi connectivity index (χ0v) is 22.9. The second-order valence-electron chi connectivity index (χ2n) is 10.9. The van der Waals surface area contributed by atoms with Crippen molar-refractivity contribution < 1.29 is 28.9 Å². The molecule has 6 rings (SSSR count). The number of benzene rings is 3. The van der Waals surface area contributed by atoms with Crippen LogP contribution in [0, 0.1) is 13.8 Å². The quantitative estimate of drug-likeness (QED) is 0.370. The predicted octanol–water partition coefficient (Wildman–Crippen LogP) is 5.47. The number of likely N-dealkylation sites (tertiary alicyclic amines) is 1. The first-order chi connectivity index (χ1) is 19.4. The number of ether oxygens (including phenoxy) is 3. The fraction of sp³-hybridized carbons (Fsp3) is 0.375. The van der Waals surface area contributed by atoms with E-state index in [1.165, 1.54) is 0 Å². The molecule has 1 fully saturated rings. The van der Waals surface area contributed by atoms with E-state index in [0.29, 0.717) is 32.8 Å². The molecule has 40 heavy (non-hydrogen) atoms. The fourth-order valence-electron chi connectivity index (χ4n) is 6.16. The minimum Gasteiger partial charge on any atom is -0.493 e. The summed E-state index contributed by atoms with van der Waals surface area (Å²) in [6.45, 7) is 6.99. The average Bonchev–Trinajstić information content (AvgIpc) is 3.63. The number of aryl methyl sites for hydroxylation is 2. The first-order valence-electron chi connectivity index (χ1n) is 13.9. The molecule has 2 atom stereocenters. The fourth-order valence-corrected chi connectivity index (χ4v) is 6.16. The Balaban J connectivity index is 1.18. The molecule has 0 unspecified atom stereocenters. The van der Waals surface area contributed by atoms with Gasteiger partial charge in [-0.15, -0.1) is 0 Å². The molecule has 0 saturated carbocycles. The summed E-state index contributed by atoms with van der Waals surface area (Å²) in [6.07, 6.45) is 1.64. The summed E-state index contributed by atoms with van der Waals surface area (Å²) in [5, 5.41) is 12.7. The summed E-state index contributed by atoms with van der Waals surface area (Å²) < 4.78 is 18.1. The number of rotatable bonds is 9. The Labute approximate surface area is 233 Å². The molecule has 0 spiro atoms. The molecule has 3 aliphatic heterocycles. The van der Waals surface area contributed by atoms with Crippen LogP contribution < -0.4 is 19.5 Å². The lowest BCUT2D eigenvalue weighted by molar-refractivity contribution is -0.137. The van der Waals surface area contributed by atoms with Gasteiger partial charge in [0, 0.05) is 47.3 Å². The highest BCUT2D eigenvalue weighted by Gasteiger charge is 2.30. The van der Waals surface area contributed by atoms with E-state index >= 15 is 0 Å². The molecule has 3 aliphatic rings. The van der Waals surface area contributed by atoms with Crippen LogP contribution in [0.2, 0.25) is 0 Å². The highest BCUT2D eigenvalue weighted by Crippen LogP contribution is 2.45. The van der Waals surface area contributed by atoms with Gasteiger partial charge in [-0.25, -0.2) is 0 Å². The Morgan fingerprint density at radius 3 is 2.65 bits per heavy atom. The van der Waals surface area contributed by atoms with Crippen LogP contribution in [-0.4, -0.2) is 54.8 Å². The summed E-state index contributed by atoms with van der Waals surface area (Å²) in [6, 6.07) is 16.2. The van der Waals surface area contributed by atoms with E-state index in [9.17, 15) is 9.59 Å². The van der Waals surface area contributed by atoms with Crippen molar-refractivity contribution in [3.63, 3.8) is 0 Å². The van der Waals surface area contributed by atoms with Crippen molar-refractivity contribution in [1.82, 2.24) is 4.90 Å². The van der Waals surface area contributed by atoms with Crippen molar-refractivity contribution in [2.45, 2.75) is 45.1 Å². The van der Waals surface area contributed by atoms with Crippen molar-refractivity contribution in [2.75, 3.05) is 38.2 Å². The van der Waals surface area contributed by atoms with Crippen molar-refractivity contribution in [2.24, 2.45) is 0 Å². The molecule has 3 aromatic rings. The first-order valence-corrected chi connectivity index (χ1v) is 13.9.